The Hall–Kier alpha value is -2.44. The maximum Gasteiger partial charge on any atom is 0.354 e. The number of carboxylic acid groups (broad SMARTS) is 1. The summed E-state index contributed by atoms with van der Waals surface area (Å²) in [6.07, 6.45) is 2.50. The second kappa shape index (κ2) is 6.34. The molecule has 1 heterocycles. The topological polar surface area (TPSA) is 92.6 Å². The minimum absolute atomic E-state index is 0.129. The van der Waals surface area contributed by atoms with E-state index in [0.29, 0.717) is 5.82 Å². The van der Waals surface area contributed by atoms with Crippen molar-refractivity contribution >= 4 is 23.8 Å². The molecule has 0 aliphatic rings. The van der Waals surface area contributed by atoms with Gasteiger partial charge in [-0.3, -0.25) is 0 Å². The molecule has 0 atom stereocenters. The van der Waals surface area contributed by atoms with Gasteiger partial charge in [0, 0.05) is 26.2 Å². The molecule has 0 aliphatic carbocycles. The number of aromatic carboxylic acids is 1. The Kier molecular flexibility index (Phi) is 5.02. The van der Waals surface area contributed by atoms with Gasteiger partial charge in [-0.25, -0.2) is 19.6 Å². The van der Waals surface area contributed by atoms with Crippen molar-refractivity contribution in [1.82, 2.24) is 9.97 Å². The van der Waals surface area contributed by atoms with E-state index in [2.05, 4.69) is 9.97 Å². The summed E-state index contributed by atoms with van der Waals surface area (Å²) >= 11 is 0. The predicted octanol–water partition coefficient (Wildman–Crippen LogP) is 1.60. The molecular formula is C14H19N3O4. The highest BCUT2D eigenvalue weighted by Crippen LogP contribution is 2.12. The van der Waals surface area contributed by atoms with Crippen LogP contribution in [0.5, 0.6) is 0 Å². The van der Waals surface area contributed by atoms with Gasteiger partial charge in [-0.2, -0.15) is 0 Å². The first-order valence-electron chi connectivity index (χ1n) is 6.29. The summed E-state index contributed by atoms with van der Waals surface area (Å²) in [6.45, 7) is 5.26. The third-order valence-electron chi connectivity index (χ3n) is 2.18. The first-order valence-corrected chi connectivity index (χ1v) is 6.29. The maximum absolute atomic E-state index is 11.6. The number of aromatic nitrogens is 2. The molecular weight excluding hydrogens is 274 g/mol. The lowest BCUT2D eigenvalue weighted by Gasteiger charge is -2.17. The smallest absolute Gasteiger partial charge is 0.354 e. The fraction of sp³-hybridized carbons (Fsp3) is 0.429. The van der Waals surface area contributed by atoms with Crippen molar-refractivity contribution in [2.75, 3.05) is 19.0 Å². The van der Waals surface area contributed by atoms with Crippen LogP contribution in [0.1, 0.15) is 37.1 Å². The van der Waals surface area contributed by atoms with E-state index >= 15 is 0 Å². The van der Waals surface area contributed by atoms with Gasteiger partial charge in [0.15, 0.2) is 11.5 Å². The Bertz CT molecular complexity index is 574. The number of hydrogen-bond acceptors (Lipinski definition) is 6. The zero-order chi connectivity index (χ0) is 16.2. The number of carboxylic acids is 1. The molecule has 0 fully saturated rings. The standard InChI is InChI=1S/C14H19N3O4/c1-14(2,3)21-12(18)7-6-10-15-9(13(19)20)8-11(16-10)17(4)5/h6-8H,1-5H3,(H,19,20). The molecule has 21 heavy (non-hydrogen) atoms. The Morgan fingerprint density at radius 2 is 1.90 bits per heavy atom. The second-order valence-corrected chi connectivity index (χ2v) is 5.54. The number of rotatable bonds is 4. The largest absolute Gasteiger partial charge is 0.477 e. The molecule has 114 valence electrons. The Labute approximate surface area is 123 Å². The van der Waals surface area contributed by atoms with Crippen molar-refractivity contribution in [3.63, 3.8) is 0 Å². The van der Waals surface area contributed by atoms with Gasteiger partial charge < -0.3 is 14.7 Å². The number of ether oxygens (including phenoxy) is 1. The summed E-state index contributed by atoms with van der Waals surface area (Å²) in [5.41, 5.74) is -0.738. The van der Waals surface area contributed by atoms with Crippen molar-refractivity contribution in [2.24, 2.45) is 0 Å². The van der Waals surface area contributed by atoms with Crippen molar-refractivity contribution in [3.05, 3.63) is 23.7 Å². The van der Waals surface area contributed by atoms with E-state index in [4.69, 9.17) is 9.84 Å². The summed E-state index contributed by atoms with van der Waals surface area (Å²) < 4.78 is 5.11. The molecule has 0 aliphatic heterocycles. The molecule has 1 rings (SSSR count). The lowest BCUT2D eigenvalue weighted by molar-refractivity contribution is -0.148. The molecule has 7 heteroatoms. The summed E-state index contributed by atoms with van der Waals surface area (Å²) in [5.74, 6) is -1.14. The zero-order valence-corrected chi connectivity index (χ0v) is 12.7. The molecule has 0 spiro atoms. The molecule has 0 amide bonds. The number of carbonyl (C=O) groups excluding carboxylic acids is 1. The van der Waals surface area contributed by atoms with E-state index in [1.807, 2.05) is 0 Å². The van der Waals surface area contributed by atoms with Crippen LogP contribution in [0.25, 0.3) is 6.08 Å². The van der Waals surface area contributed by atoms with E-state index in [1.54, 1.807) is 39.8 Å². The zero-order valence-electron chi connectivity index (χ0n) is 12.7. The summed E-state index contributed by atoms with van der Waals surface area (Å²) in [6, 6.07) is 1.35. The lowest BCUT2D eigenvalue weighted by atomic mass is 10.2. The first kappa shape index (κ1) is 16.6. The van der Waals surface area contributed by atoms with Gasteiger partial charge in [-0.05, 0) is 26.8 Å². The van der Waals surface area contributed by atoms with Gasteiger partial charge >= 0.3 is 11.9 Å². The first-order chi connectivity index (χ1) is 9.58. The lowest BCUT2D eigenvalue weighted by Crippen LogP contribution is -2.22. The van der Waals surface area contributed by atoms with Crippen molar-refractivity contribution < 1.29 is 19.4 Å². The van der Waals surface area contributed by atoms with E-state index in [0.717, 1.165) is 0 Å². The van der Waals surface area contributed by atoms with Crippen LogP contribution in [0.2, 0.25) is 0 Å². The molecule has 1 aromatic rings. The third-order valence-corrected chi connectivity index (χ3v) is 2.18. The fourth-order valence-corrected chi connectivity index (χ4v) is 1.34. The van der Waals surface area contributed by atoms with E-state index in [-0.39, 0.29) is 11.5 Å². The molecule has 1 N–H and O–H groups in total. The van der Waals surface area contributed by atoms with Gasteiger partial charge in [0.1, 0.15) is 11.4 Å². The van der Waals surface area contributed by atoms with E-state index < -0.39 is 17.5 Å². The van der Waals surface area contributed by atoms with E-state index in [9.17, 15) is 9.59 Å². The number of esters is 1. The molecule has 0 unspecified atom stereocenters. The molecule has 1 aromatic heterocycles. The van der Waals surface area contributed by atoms with Gasteiger partial charge in [0.05, 0.1) is 0 Å². The van der Waals surface area contributed by atoms with Gasteiger partial charge in [-0.15, -0.1) is 0 Å². The summed E-state index contributed by atoms with van der Waals surface area (Å²) in [5, 5.41) is 9.02. The van der Waals surface area contributed by atoms with Crippen LogP contribution in [0.4, 0.5) is 5.82 Å². The Morgan fingerprint density at radius 1 is 1.29 bits per heavy atom. The molecule has 0 radical (unpaired) electrons. The minimum atomic E-state index is -1.16. The summed E-state index contributed by atoms with van der Waals surface area (Å²) in [4.78, 5) is 32.3. The summed E-state index contributed by atoms with van der Waals surface area (Å²) in [7, 11) is 3.46. The minimum Gasteiger partial charge on any atom is -0.477 e. The van der Waals surface area contributed by atoms with Crippen molar-refractivity contribution in [2.45, 2.75) is 26.4 Å². The van der Waals surface area contributed by atoms with Crippen LogP contribution < -0.4 is 4.90 Å². The van der Waals surface area contributed by atoms with Crippen molar-refractivity contribution in [1.29, 1.82) is 0 Å². The molecule has 0 saturated carbocycles. The van der Waals surface area contributed by atoms with Crippen LogP contribution >= 0.6 is 0 Å². The number of anilines is 1. The van der Waals surface area contributed by atoms with Gasteiger partial charge in [-0.1, -0.05) is 0 Å². The number of carbonyl (C=O) groups is 2. The van der Waals surface area contributed by atoms with Crippen LogP contribution in [0.15, 0.2) is 12.1 Å². The van der Waals surface area contributed by atoms with Crippen LogP contribution in [-0.2, 0) is 9.53 Å². The number of nitrogens with zero attached hydrogens (tertiary/aromatic N) is 3. The number of hydrogen-bond donors (Lipinski definition) is 1. The van der Waals surface area contributed by atoms with E-state index in [1.165, 1.54) is 18.2 Å². The maximum atomic E-state index is 11.6. The monoisotopic (exact) mass is 293 g/mol. The molecule has 0 aromatic carbocycles. The highest BCUT2D eigenvalue weighted by molar-refractivity contribution is 5.88. The van der Waals surface area contributed by atoms with Crippen LogP contribution in [0.3, 0.4) is 0 Å². The van der Waals surface area contributed by atoms with Gasteiger partial charge in [0.2, 0.25) is 0 Å². The average Bonchev–Trinajstić information content (AvgIpc) is 2.33. The SMILES string of the molecule is CN(C)c1cc(C(=O)O)nc(C=CC(=O)OC(C)(C)C)n1. The predicted molar refractivity (Wildman–Crippen MR) is 78.2 cm³/mol. The molecule has 0 saturated heterocycles. The highest BCUT2D eigenvalue weighted by atomic mass is 16.6. The van der Waals surface area contributed by atoms with Crippen LogP contribution in [-0.4, -0.2) is 46.7 Å². The molecule has 0 bridgehead atoms. The van der Waals surface area contributed by atoms with Crippen molar-refractivity contribution in [3.8, 4) is 0 Å². The van der Waals surface area contributed by atoms with Crippen LogP contribution in [0, 0.1) is 0 Å². The Balaban J connectivity index is 3.02. The molecule has 7 nitrogen and oxygen atoms in total. The highest BCUT2D eigenvalue weighted by Gasteiger charge is 2.14. The second-order valence-electron chi connectivity index (χ2n) is 5.54. The van der Waals surface area contributed by atoms with Gasteiger partial charge in [0.25, 0.3) is 0 Å². The quantitative estimate of drug-likeness (QED) is 0.665. The Morgan fingerprint density at radius 3 is 2.38 bits per heavy atom. The third kappa shape index (κ3) is 5.60. The average molecular weight is 293 g/mol. The fourth-order valence-electron chi connectivity index (χ4n) is 1.34. The normalized spacial score (nSPS) is 11.5.